The SMILES string of the molecule is CNC(=O)[C@H](Cc1ccccc1)N(Cc1ccc(Cl)cc1)C(=O)CN(c1cccc(Br)c1)S(=O)(=O)c1ccccc1. The highest BCUT2D eigenvalue weighted by molar-refractivity contribution is 9.10. The fourth-order valence-corrected chi connectivity index (χ4v) is 6.33. The van der Waals surface area contributed by atoms with Crippen LogP contribution < -0.4 is 9.62 Å². The van der Waals surface area contributed by atoms with E-state index in [0.29, 0.717) is 15.2 Å². The van der Waals surface area contributed by atoms with Crippen molar-refractivity contribution in [3.63, 3.8) is 0 Å². The molecule has 2 amide bonds. The summed E-state index contributed by atoms with van der Waals surface area (Å²) in [5, 5.41) is 3.21. The van der Waals surface area contributed by atoms with Gasteiger partial charge in [0.05, 0.1) is 10.6 Å². The zero-order chi connectivity index (χ0) is 29.4. The molecule has 0 bridgehead atoms. The van der Waals surface area contributed by atoms with Gasteiger partial charge in [0.1, 0.15) is 12.6 Å². The van der Waals surface area contributed by atoms with Crippen molar-refractivity contribution >= 4 is 55.1 Å². The molecule has 0 fully saturated rings. The molecule has 41 heavy (non-hydrogen) atoms. The standard InChI is InChI=1S/C31H29BrClN3O4S/c1-34-31(38)29(19-23-9-4-2-5-10-23)35(21-24-15-17-26(33)18-16-24)30(37)22-36(27-12-8-11-25(32)20-27)41(39,40)28-13-6-3-7-14-28/h2-18,20,29H,19,21-22H2,1H3,(H,34,38)/t29-/m0/s1. The van der Waals surface area contributed by atoms with Crippen molar-refractivity contribution in [3.8, 4) is 0 Å². The van der Waals surface area contributed by atoms with E-state index < -0.39 is 28.5 Å². The first-order valence-electron chi connectivity index (χ1n) is 12.8. The number of hydrogen-bond donors (Lipinski definition) is 1. The maximum Gasteiger partial charge on any atom is 0.264 e. The second kappa shape index (κ2) is 13.8. The molecular formula is C31H29BrClN3O4S. The molecule has 0 unspecified atom stereocenters. The highest BCUT2D eigenvalue weighted by Gasteiger charge is 2.34. The average molecular weight is 655 g/mol. The van der Waals surface area contributed by atoms with Gasteiger partial charge in [-0.05, 0) is 53.6 Å². The number of carbonyl (C=O) groups excluding carboxylic acids is 2. The van der Waals surface area contributed by atoms with Crippen molar-refractivity contribution in [1.82, 2.24) is 10.2 Å². The van der Waals surface area contributed by atoms with Crippen molar-refractivity contribution in [2.24, 2.45) is 0 Å². The van der Waals surface area contributed by atoms with Crippen molar-refractivity contribution in [2.75, 3.05) is 17.9 Å². The molecular weight excluding hydrogens is 626 g/mol. The Balaban J connectivity index is 1.78. The Morgan fingerprint density at radius 1 is 0.854 bits per heavy atom. The van der Waals surface area contributed by atoms with E-state index >= 15 is 0 Å². The predicted molar refractivity (Wildman–Crippen MR) is 165 cm³/mol. The minimum absolute atomic E-state index is 0.0455. The summed E-state index contributed by atoms with van der Waals surface area (Å²) in [6.45, 7) is -0.456. The van der Waals surface area contributed by atoms with E-state index in [9.17, 15) is 18.0 Å². The number of anilines is 1. The molecule has 4 rings (SSSR count). The minimum atomic E-state index is -4.14. The molecule has 0 aliphatic heterocycles. The van der Waals surface area contributed by atoms with Gasteiger partial charge in [-0.15, -0.1) is 0 Å². The van der Waals surface area contributed by atoms with Crippen molar-refractivity contribution in [1.29, 1.82) is 0 Å². The number of halogens is 2. The molecule has 0 heterocycles. The molecule has 0 saturated heterocycles. The summed E-state index contributed by atoms with van der Waals surface area (Å²) in [6.07, 6.45) is 0.238. The number of carbonyl (C=O) groups is 2. The summed E-state index contributed by atoms with van der Waals surface area (Å²) in [5.74, 6) is -0.903. The van der Waals surface area contributed by atoms with Crippen LogP contribution in [-0.4, -0.2) is 44.8 Å². The zero-order valence-electron chi connectivity index (χ0n) is 22.3. The van der Waals surface area contributed by atoms with Gasteiger partial charge in [0.15, 0.2) is 0 Å². The first-order chi connectivity index (χ1) is 19.7. The van der Waals surface area contributed by atoms with Crippen LogP contribution in [0.1, 0.15) is 11.1 Å². The summed E-state index contributed by atoms with van der Waals surface area (Å²) in [6, 6.07) is 30.1. The number of sulfonamides is 1. The van der Waals surface area contributed by atoms with E-state index in [-0.39, 0.29) is 23.8 Å². The Hall–Kier alpha value is -3.66. The molecule has 212 valence electrons. The molecule has 0 radical (unpaired) electrons. The Bertz CT molecular complexity index is 1590. The normalized spacial score (nSPS) is 11.9. The third-order valence-corrected chi connectivity index (χ3v) is 9.02. The Morgan fingerprint density at radius 2 is 1.49 bits per heavy atom. The van der Waals surface area contributed by atoms with Crippen molar-refractivity contribution in [2.45, 2.75) is 23.9 Å². The van der Waals surface area contributed by atoms with Crippen LogP contribution in [-0.2, 0) is 32.6 Å². The van der Waals surface area contributed by atoms with E-state index in [1.54, 1.807) is 66.7 Å². The lowest BCUT2D eigenvalue weighted by atomic mass is 10.0. The molecule has 0 aliphatic rings. The lowest BCUT2D eigenvalue weighted by molar-refractivity contribution is -0.139. The van der Waals surface area contributed by atoms with Crippen LogP contribution >= 0.6 is 27.5 Å². The summed E-state index contributed by atoms with van der Waals surface area (Å²) >= 11 is 9.50. The van der Waals surface area contributed by atoms with Gasteiger partial charge in [0.2, 0.25) is 11.8 Å². The summed E-state index contributed by atoms with van der Waals surface area (Å²) in [4.78, 5) is 29.0. The monoisotopic (exact) mass is 653 g/mol. The number of amides is 2. The summed E-state index contributed by atoms with van der Waals surface area (Å²) in [7, 11) is -2.63. The van der Waals surface area contributed by atoms with Crippen LogP contribution in [0.25, 0.3) is 0 Å². The highest BCUT2D eigenvalue weighted by Crippen LogP contribution is 2.27. The number of benzene rings is 4. The maximum absolute atomic E-state index is 14.2. The molecule has 4 aromatic rings. The predicted octanol–water partition coefficient (Wildman–Crippen LogP) is 5.68. The first-order valence-corrected chi connectivity index (χ1v) is 15.4. The molecule has 0 spiro atoms. The van der Waals surface area contributed by atoms with Gasteiger partial charge in [-0.3, -0.25) is 13.9 Å². The van der Waals surface area contributed by atoms with Crippen molar-refractivity contribution < 1.29 is 18.0 Å². The van der Waals surface area contributed by atoms with Gasteiger partial charge in [-0.1, -0.05) is 94.3 Å². The van der Waals surface area contributed by atoms with E-state index in [2.05, 4.69) is 21.2 Å². The van der Waals surface area contributed by atoms with E-state index in [4.69, 9.17) is 11.6 Å². The van der Waals surface area contributed by atoms with E-state index in [1.165, 1.54) is 24.1 Å². The van der Waals surface area contributed by atoms with Crippen LogP contribution in [0.4, 0.5) is 5.69 Å². The van der Waals surface area contributed by atoms with Gasteiger partial charge < -0.3 is 10.2 Å². The summed E-state index contributed by atoms with van der Waals surface area (Å²) in [5.41, 5.74) is 1.91. The molecule has 0 aromatic heterocycles. The van der Waals surface area contributed by atoms with Crippen LogP contribution in [0.3, 0.4) is 0 Å². The highest BCUT2D eigenvalue weighted by atomic mass is 79.9. The van der Waals surface area contributed by atoms with Crippen LogP contribution in [0.15, 0.2) is 119 Å². The topological polar surface area (TPSA) is 86.8 Å². The molecule has 0 saturated carbocycles. The zero-order valence-corrected chi connectivity index (χ0v) is 25.4. The van der Waals surface area contributed by atoms with Crippen molar-refractivity contribution in [3.05, 3.63) is 130 Å². The maximum atomic E-state index is 14.2. The first kappa shape index (κ1) is 30.3. The van der Waals surface area contributed by atoms with Gasteiger partial charge in [-0.25, -0.2) is 8.42 Å². The third kappa shape index (κ3) is 7.75. The fourth-order valence-electron chi connectivity index (χ4n) is 4.39. The number of likely N-dealkylation sites (N-methyl/N-ethyl adjacent to an activating group) is 1. The van der Waals surface area contributed by atoms with E-state index in [0.717, 1.165) is 15.4 Å². The Morgan fingerprint density at radius 3 is 2.10 bits per heavy atom. The molecule has 0 aliphatic carbocycles. The summed E-state index contributed by atoms with van der Waals surface area (Å²) < 4.78 is 29.5. The lowest BCUT2D eigenvalue weighted by Gasteiger charge is -2.33. The van der Waals surface area contributed by atoms with Gasteiger partial charge in [0.25, 0.3) is 10.0 Å². The average Bonchev–Trinajstić information content (AvgIpc) is 2.99. The smallest absolute Gasteiger partial charge is 0.264 e. The van der Waals surface area contributed by atoms with Crippen LogP contribution in [0, 0.1) is 0 Å². The largest absolute Gasteiger partial charge is 0.357 e. The van der Waals surface area contributed by atoms with Gasteiger partial charge in [-0.2, -0.15) is 0 Å². The second-order valence-corrected chi connectivity index (χ2v) is 12.5. The molecule has 1 atom stereocenters. The second-order valence-electron chi connectivity index (χ2n) is 9.27. The minimum Gasteiger partial charge on any atom is -0.357 e. The third-order valence-electron chi connectivity index (χ3n) is 6.49. The molecule has 1 N–H and O–H groups in total. The quantitative estimate of drug-likeness (QED) is 0.225. The van der Waals surface area contributed by atoms with E-state index in [1.807, 2.05) is 30.3 Å². The number of nitrogens with zero attached hydrogens (tertiary/aromatic N) is 2. The number of nitrogens with one attached hydrogen (secondary N) is 1. The van der Waals surface area contributed by atoms with Gasteiger partial charge >= 0.3 is 0 Å². The number of rotatable bonds is 11. The van der Waals surface area contributed by atoms with Crippen LogP contribution in [0.5, 0.6) is 0 Å². The van der Waals surface area contributed by atoms with Gasteiger partial charge in [0, 0.05) is 29.5 Å². The number of hydrogen-bond acceptors (Lipinski definition) is 4. The molecule has 7 nitrogen and oxygen atoms in total. The van der Waals surface area contributed by atoms with Crippen LogP contribution in [0.2, 0.25) is 5.02 Å². The Labute approximate surface area is 253 Å². The fraction of sp³-hybridized carbons (Fsp3) is 0.161. The molecule has 10 heteroatoms. The molecule has 4 aromatic carbocycles. The Kier molecular flexibility index (Phi) is 10.2. The lowest BCUT2D eigenvalue weighted by Crippen LogP contribution is -2.53.